The number of piperidine rings is 1. The van der Waals surface area contributed by atoms with E-state index in [0.717, 1.165) is 49.5 Å². The van der Waals surface area contributed by atoms with Gasteiger partial charge in [-0.15, -0.1) is 11.3 Å². The van der Waals surface area contributed by atoms with Crippen molar-refractivity contribution in [1.29, 1.82) is 0 Å². The minimum atomic E-state index is 0.166. The van der Waals surface area contributed by atoms with E-state index in [0.29, 0.717) is 5.78 Å². The number of carbonyl (C=O) groups is 1. The summed E-state index contributed by atoms with van der Waals surface area (Å²) in [6.45, 7) is 7.14. The molecule has 2 aromatic rings. The van der Waals surface area contributed by atoms with E-state index >= 15 is 0 Å². The Morgan fingerprint density at radius 2 is 2.36 bits per heavy atom. The molecule has 22 heavy (non-hydrogen) atoms. The maximum Gasteiger partial charge on any atom is 0.177 e. The van der Waals surface area contributed by atoms with Crippen LogP contribution in [-0.4, -0.2) is 40.5 Å². The van der Waals surface area contributed by atoms with Gasteiger partial charge in [-0.05, 0) is 56.7 Å². The van der Waals surface area contributed by atoms with Crippen molar-refractivity contribution in [1.82, 2.24) is 15.1 Å². The Morgan fingerprint density at radius 1 is 1.50 bits per heavy atom. The number of nitrogens with zero attached hydrogens (tertiary/aromatic N) is 2. The van der Waals surface area contributed by atoms with Gasteiger partial charge in [-0.1, -0.05) is 6.07 Å². The van der Waals surface area contributed by atoms with E-state index < -0.39 is 0 Å². The van der Waals surface area contributed by atoms with E-state index in [1.165, 1.54) is 11.3 Å². The first kappa shape index (κ1) is 15.4. The van der Waals surface area contributed by atoms with Gasteiger partial charge in [0.15, 0.2) is 5.78 Å². The molecule has 1 aliphatic heterocycles. The fourth-order valence-corrected chi connectivity index (χ4v) is 4.05. The lowest BCUT2D eigenvalue weighted by atomic mass is 9.92. The summed E-state index contributed by atoms with van der Waals surface area (Å²) in [4.78, 5) is 15.9. The van der Waals surface area contributed by atoms with Crippen molar-refractivity contribution >= 4 is 17.1 Å². The van der Waals surface area contributed by atoms with Gasteiger partial charge in [-0.3, -0.25) is 9.89 Å². The fourth-order valence-electron chi connectivity index (χ4n) is 3.30. The molecule has 2 aromatic heterocycles. The summed E-state index contributed by atoms with van der Waals surface area (Å²) in [5.74, 6) is 0.495. The number of nitrogens with one attached hydrogen (secondary N) is 1. The van der Waals surface area contributed by atoms with Gasteiger partial charge in [-0.2, -0.15) is 5.10 Å². The van der Waals surface area contributed by atoms with Crippen molar-refractivity contribution in [2.75, 3.05) is 19.6 Å². The van der Waals surface area contributed by atoms with Gasteiger partial charge in [-0.25, -0.2) is 0 Å². The van der Waals surface area contributed by atoms with Crippen molar-refractivity contribution in [3.63, 3.8) is 0 Å². The van der Waals surface area contributed by atoms with E-state index in [9.17, 15) is 4.79 Å². The molecule has 1 unspecified atom stereocenters. The zero-order chi connectivity index (χ0) is 15.5. The van der Waals surface area contributed by atoms with Gasteiger partial charge in [0, 0.05) is 24.7 Å². The topological polar surface area (TPSA) is 49.0 Å². The summed E-state index contributed by atoms with van der Waals surface area (Å²) in [5, 5.41) is 9.29. The average molecular weight is 317 g/mol. The molecule has 1 aliphatic rings. The molecule has 3 rings (SSSR count). The van der Waals surface area contributed by atoms with Crippen LogP contribution in [0.3, 0.4) is 0 Å². The third kappa shape index (κ3) is 3.31. The number of hydrogen-bond acceptors (Lipinski definition) is 4. The van der Waals surface area contributed by atoms with Crippen LogP contribution in [0, 0.1) is 19.8 Å². The summed E-state index contributed by atoms with van der Waals surface area (Å²) >= 11 is 1.56. The molecular weight excluding hydrogens is 294 g/mol. The smallest absolute Gasteiger partial charge is 0.177 e. The van der Waals surface area contributed by atoms with Crippen LogP contribution in [0.1, 0.15) is 39.5 Å². The number of hydrogen-bond donors (Lipinski definition) is 1. The minimum absolute atomic E-state index is 0.166. The number of rotatable bonds is 5. The maximum atomic E-state index is 12.5. The highest BCUT2D eigenvalue weighted by atomic mass is 32.1. The summed E-state index contributed by atoms with van der Waals surface area (Å²) in [6, 6.07) is 3.91. The molecule has 0 bridgehead atoms. The molecule has 118 valence electrons. The SMILES string of the molecule is Cc1n[nH]c(C)c1CCN1CCCC(C(=O)c2cccs2)C1. The van der Waals surface area contributed by atoms with Gasteiger partial charge >= 0.3 is 0 Å². The standard InChI is InChI=1S/C17H23N3OS/c1-12-15(13(2)19-18-12)7-9-20-8-3-5-14(11-20)17(21)16-6-4-10-22-16/h4,6,10,14H,3,5,7-9,11H2,1-2H3,(H,18,19). The van der Waals surface area contributed by atoms with Crippen LogP contribution in [-0.2, 0) is 6.42 Å². The van der Waals surface area contributed by atoms with Crippen LogP contribution in [0.2, 0.25) is 0 Å². The Morgan fingerprint density at radius 3 is 3.05 bits per heavy atom. The second-order valence-corrected chi connectivity index (χ2v) is 7.09. The lowest BCUT2D eigenvalue weighted by Crippen LogP contribution is -2.39. The van der Waals surface area contributed by atoms with E-state index in [-0.39, 0.29) is 5.92 Å². The number of likely N-dealkylation sites (tertiary alicyclic amines) is 1. The Labute approximate surface area is 135 Å². The quantitative estimate of drug-likeness (QED) is 0.861. The summed E-state index contributed by atoms with van der Waals surface area (Å²) < 4.78 is 0. The van der Waals surface area contributed by atoms with Crippen LogP contribution < -0.4 is 0 Å². The highest BCUT2D eigenvalue weighted by Crippen LogP contribution is 2.23. The monoisotopic (exact) mass is 317 g/mol. The molecule has 0 amide bonds. The average Bonchev–Trinajstić information content (AvgIpc) is 3.16. The van der Waals surface area contributed by atoms with Crippen molar-refractivity contribution in [3.05, 3.63) is 39.3 Å². The summed E-state index contributed by atoms with van der Waals surface area (Å²) in [6.07, 6.45) is 3.15. The van der Waals surface area contributed by atoms with E-state index in [1.807, 2.05) is 17.5 Å². The number of aromatic amines is 1. The van der Waals surface area contributed by atoms with Crippen molar-refractivity contribution in [2.45, 2.75) is 33.1 Å². The molecule has 1 saturated heterocycles. The number of aromatic nitrogens is 2. The first-order valence-corrected chi connectivity index (χ1v) is 8.83. The maximum absolute atomic E-state index is 12.5. The second kappa shape index (κ2) is 6.75. The molecule has 1 atom stereocenters. The van der Waals surface area contributed by atoms with Gasteiger partial charge in [0.1, 0.15) is 0 Å². The molecular formula is C17H23N3OS. The lowest BCUT2D eigenvalue weighted by molar-refractivity contribution is 0.0825. The number of aryl methyl sites for hydroxylation is 2. The van der Waals surface area contributed by atoms with Gasteiger partial charge in [0.25, 0.3) is 0 Å². The third-order valence-corrected chi connectivity index (χ3v) is 5.48. The molecule has 0 aliphatic carbocycles. The zero-order valence-corrected chi connectivity index (χ0v) is 14.1. The lowest BCUT2D eigenvalue weighted by Gasteiger charge is -2.31. The molecule has 0 saturated carbocycles. The Kier molecular flexibility index (Phi) is 4.74. The van der Waals surface area contributed by atoms with Crippen LogP contribution in [0.25, 0.3) is 0 Å². The van der Waals surface area contributed by atoms with E-state index in [1.54, 1.807) is 11.3 Å². The molecule has 0 radical (unpaired) electrons. The molecule has 1 N–H and O–H groups in total. The summed E-state index contributed by atoms with van der Waals surface area (Å²) in [7, 11) is 0. The molecule has 0 aromatic carbocycles. The predicted octanol–water partition coefficient (Wildman–Crippen LogP) is 3.23. The Bertz CT molecular complexity index is 613. The van der Waals surface area contributed by atoms with Crippen molar-refractivity contribution < 1.29 is 4.79 Å². The van der Waals surface area contributed by atoms with Crippen molar-refractivity contribution in [3.8, 4) is 0 Å². The van der Waals surface area contributed by atoms with E-state index in [2.05, 4.69) is 28.9 Å². The summed E-state index contributed by atoms with van der Waals surface area (Å²) in [5.41, 5.74) is 3.59. The van der Waals surface area contributed by atoms with Crippen LogP contribution >= 0.6 is 11.3 Å². The van der Waals surface area contributed by atoms with E-state index in [4.69, 9.17) is 0 Å². The second-order valence-electron chi connectivity index (χ2n) is 6.14. The number of Topliss-reactive ketones (excluding diaryl/α,β-unsaturated/α-hetero) is 1. The first-order valence-electron chi connectivity index (χ1n) is 7.95. The fraction of sp³-hybridized carbons (Fsp3) is 0.529. The van der Waals surface area contributed by atoms with Gasteiger partial charge < -0.3 is 4.90 Å². The molecule has 3 heterocycles. The Hall–Kier alpha value is -1.46. The predicted molar refractivity (Wildman–Crippen MR) is 89.6 cm³/mol. The van der Waals surface area contributed by atoms with Crippen LogP contribution in [0.15, 0.2) is 17.5 Å². The molecule has 0 spiro atoms. The highest BCUT2D eigenvalue weighted by molar-refractivity contribution is 7.12. The normalized spacial score (nSPS) is 19.5. The molecule has 4 nitrogen and oxygen atoms in total. The largest absolute Gasteiger partial charge is 0.302 e. The molecule has 1 fully saturated rings. The number of carbonyl (C=O) groups excluding carboxylic acids is 1. The first-order chi connectivity index (χ1) is 10.6. The minimum Gasteiger partial charge on any atom is -0.302 e. The molecule has 5 heteroatoms. The number of H-pyrrole nitrogens is 1. The van der Waals surface area contributed by atoms with Crippen LogP contribution in [0.4, 0.5) is 0 Å². The zero-order valence-electron chi connectivity index (χ0n) is 13.3. The number of thiophene rings is 1. The Balaban J connectivity index is 1.58. The highest BCUT2D eigenvalue weighted by Gasteiger charge is 2.27. The van der Waals surface area contributed by atoms with Crippen LogP contribution in [0.5, 0.6) is 0 Å². The number of ketones is 1. The van der Waals surface area contributed by atoms with Gasteiger partial charge in [0.05, 0.1) is 10.6 Å². The van der Waals surface area contributed by atoms with Gasteiger partial charge in [0.2, 0.25) is 0 Å². The van der Waals surface area contributed by atoms with Crippen molar-refractivity contribution in [2.24, 2.45) is 5.92 Å². The third-order valence-electron chi connectivity index (χ3n) is 4.60.